The van der Waals surface area contributed by atoms with Gasteiger partial charge in [0, 0.05) is 22.5 Å². The predicted octanol–water partition coefficient (Wildman–Crippen LogP) is 4.68. The van der Waals surface area contributed by atoms with Crippen molar-refractivity contribution in [1.82, 2.24) is 0 Å². The standard InChI is InChI=1S/C35H28N6O13S3/c1-18-13-23(55(45,46)47)9-12-26(18)38-40-31-29(56(48,49)50)16-19-14-21(7-10-24(19)33(31)42)36-35(44)37-22-8-11-25-20(15-22)17-30(57(51,52)53)32(34(25)43)41-39-27-5-3-4-6-28(27)54-2/h3-17,38-39H,1-2H3,(H2,36,37,44)(H,45,46,47)(H,48,49,50)(H,51,52,53)/b40-31-,41-32-. The van der Waals surface area contributed by atoms with Gasteiger partial charge in [0.15, 0.2) is 11.4 Å². The molecule has 0 bridgehead atoms. The number of hydrazone groups is 2. The number of rotatable bonds is 10. The van der Waals surface area contributed by atoms with E-state index in [2.05, 4.69) is 31.7 Å². The van der Waals surface area contributed by atoms with E-state index in [1.165, 1.54) is 56.5 Å². The number of carbonyl (C=O) groups is 3. The highest BCUT2D eigenvalue weighted by Crippen LogP contribution is 2.31. The summed E-state index contributed by atoms with van der Waals surface area (Å²) in [5.41, 5.74) is 4.51. The first-order chi connectivity index (χ1) is 26.7. The number of aryl methyl sites for hydroxylation is 1. The van der Waals surface area contributed by atoms with Crippen LogP contribution in [-0.4, -0.2) is 75.0 Å². The van der Waals surface area contributed by atoms with E-state index < -0.39 is 74.1 Å². The lowest BCUT2D eigenvalue weighted by molar-refractivity contribution is 0.105. The summed E-state index contributed by atoms with van der Waals surface area (Å²) in [5, 5.41) is 12.8. The van der Waals surface area contributed by atoms with Crippen LogP contribution in [0.15, 0.2) is 104 Å². The van der Waals surface area contributed by atoms with E-state index in [1.54, 1.807) is 24.3 Å². The van der Waals surface area contributed by atoms with Crippen LogP contribution in [-0.2, 0) is 30.4 Å². The Morgan fingerprint density at radius 1 is 0.632 bits per heavy atom. The number of ether oxygens (including phenoxy) is 1. The molecule has 2 aliphatic carbocycles. The lowest BCUT2D eigenvalue weighted by atomic mass is 9.94. The number of hydrogen-bond donors (Lipinski definition) is 7. The van der Waals surface area contributed by atoms with Crippen molar-refractivity contribution in [3.05, 3.63) is 116 Å². The van der Waals surface area contributed by atoms with Gasteiger partial charge in [0.2, 0.25) is 11.6 Å². The third-order valence-electron chi connectivity index (χ3n) is 8.31. The van der Waals surface area contributed by atoms with Crippen LogP contribution in [0.1, 0.15) is 37.4 Å². The van der Waals surface area contributed by atoms with Crippen molar-refractivity contribution in [3.8, 4) is 5.75 Å². The molecule has 0 aromatic heterocycles. The summed E-state index contributed by atoms with van der Waals surface area (Å²) in [4.78, 5) is 37.7. The normalized spacial score (nSPS) is 15.6. The highest BCUT2D eigenvalue weighted by atomic mass is 32.2. The minimum atomic E-state index is -5.06. The van der Waals surface area contributed by atoms with Gasteiger partial charge >= 0.3 is 6.03 Å². The molecule has 4 aromatic rings. The zero-order valence-corrected chi connectivity index (χ0v) is 31.7. The Labute approximate surface area is 324 Å². The third kappa shape index (κ3) is 8.65. The summed E-state index contributed by atoms with van der Waals surface area (Å²) >= 11 is 0. The van der Waals surface area contributed by atoms with E-state index in [0.717, 1.165) is 24.3 Å². The van der Waals surface area contributed by atoms with Gasteiger partial charge < -0.3 is 15.4 Å². The van der Waals surface area contributed by atoms with Gasteiger partial charge in [-0.05, 0) is 102 Å². The first kappa shape index (κ1) is 40.1. The average molecular weight is 837 g/mol. The number of amides is 2. The summed E-state index contributed by atoms with van der Waals surface area (Å²) in [5.74, 6) is -1.44. The molecule has 0 aliphatic heterocycles. The maximum absolute atomic E-state index is 13.4. The molecule has 19 nitrogen and oxygen atoms in total. The fraction of sp³-hybridized carbons (Fsp3) is 0.0571. The largest absolute Gasteiger partial charge is 0.495 e. The van der Waals surface area contributed by atoms with Crippen LogP contribution in [0.3, 0.4) is 0 Å². The Hall–Kier alpha value is -6.56. The van der Waals surface area contributed by atoms with Crippen molar-refractivity contribution >= 4 is 94.3 Å². The van der Waals surface area contributed by atoms with Crippen LogP contribution in [0.2, 0.25) is 0 Å². The number of anilines is 4. The van der Waals surface area contributed by atoms with Crippen LogP contribution in [0.25, 0.3) is 12.2 Å². The van der Waals surface area contributed by atoms with Crippen LogP contribution in [0, 0.1) is 6.92 Å². The molecule has 0 spiro atoms. The van der Waals surface area contributed by atoms with Crippen LogP contribution >= 0.6 is 0 Å². The summed E-state index contributed by atoms with van der Waals surface area (Å²) in [6.45, 7) is 1.46. The smallest absolute Gasteiger partial charge is 0.323 e. The zero-order valence-electron chi connectivity index (χ0n) is 29.2. The summed E-state index contributed by atoms with van der Waals surface area (Å²) in [7, 11) is -13.2. The van der Waals surface area contributed by atoms with Crippen molar-refractivity contribution < 1.29 is 58.0 Å². The van der Waals surface area contributed by atoms with Gasteiger partial charge in [0.25, 0.3) is 30.4 Å². The van der Waals surface area contributed by atoms with Gasteiger partial charge in [-0.1, -0.05) is 12.1 Å². The number of benzene rings is 4. The molecular formula is C35H28N6O13S3. The van der Waals surface area contributed by atoms with Crippen molar-refractivity contribution in [3.63, 3.8) is 0 Å². The van der Waals surface area contributed by atoms with E-state index in [0.29, 0.717) is 11.4 Å². The van der Waals surface area contributed by atoms with Crippen LogP contribution in [0.5, 0.6) is 5.75 Å². The summed E-state index contributed by atoms with van der Waals surface area (Å²) in [6.07, 6.45) is 1.96. The highest BCUT2D eigenvalue weighted by Gasteiger charge is 2.34. The lowest BCUT2D eigenvalue weighted by Crippen LogP contribution is -2.27. The van der Waals surface area contributed by atoms with Gasteiger partial charge in [-0.25, -0.2) is 4.79 Å². The maximum atomic E-state index is 13.4. The van der Waals surface area contributed by atoms with Gasteiger partial charge in [-0.3, -0.25) is 34.1 Å². The fourth-order valence-corrected chi connectivity index (χ4v) is 7.50. The van der Waals surface area contributed by atoms with Crippen molar-refractivity contribution in [2.75, 3.05) is 28.6 Å². The van der Waals surface area contributed by atoms with Crippen LogP contribution in [0.4, 0.5) is 27.5 Å². The van der Waals surface area contributed by atoms with Crippen LogP contribution < -0.4 is 26.2 Å². The van der Waals surface area contributed by atoms with E-state index in [9.17, 15) is 53.3 Å². The molecule has 2 amide bonds. The molecule has 0 atom stereocenters. The minimum absolute atomic E-state index is 0.00184. The monoisotopic (exact) mass is 836 g/mol. The maximum Gasteiger partial charge on any atom is 0.323 e. The molecule has 4 aromatic carbocycles. The molecule has 0 saturated heterocycles. The van der Waals surface area contributed by atoms with Gasteiger partial charge in [0.1, 0.15) is 15.6 Å². The minimum Gasteiger partial charge on any atom is -0.495 e. The quantitative estimate of drug-likeness (QED) is 0.0843. The molecule has 0 fully saturated rings. The number of methoxy groups -OCH3 is 1. The summed E-state index contributed by atoms with van der Waals surface area (Å²) in [6, 6.07) is 16.8. The molecule has 294 valence electrons. The predicted molar refractivity (Wildman–Crippen MR) is 209 cm³/mol. The molecule has 0 heterocycles. The Bertz CT molecular complexity index is 2890. The number of carbonyl (C=O) groups excluding carboxylic acids is 3. The molecule has 57 heavy (non-hydrogen) atoms. The Morgan fingerprint density at radius 3 is 1.58 bits per heavy atom. The van der Waals surface area contributed by atoms with E-state index in [-0.39, 0.29) is 44.9 Å². The topological polar surface area (TPSA) is 296 Å². The van der Waals surface area contributed by atoms with Gasteiger partial charge in [0.05, 0.1) is 23.4 Å². The number of nitrogens with zero attached hydrogens (tertiary/aromatic N) is 2. The average Bonchev–Trinajstić information content (AvgIpc) is 3.13. The molecule has 7 N–H and O–H groups in total. The number of nitrogens with one attached hydrogen (secondary N) is 4. The number of hydrogen-bond acceptors (Lipinski definition) is 14. The highest BCUT2D eigenvalue weighted by molar-refractivity contribution is 7.91. The van der Waals surface area contributed by atoms with Crippen molar-refractivity contribution in [2.45, 2.75) is 11.8 Å². The second kappa shape index (κ2) is 15.2. The SMILES string of the molecule is COc1ccccc1N/N=C1\C(=O)c2ccc(NC(=O)Nc3ccc4c(c3)C=C(S(=O)(=O)O)/C(=N/Nc3ccc(S(=O)(=O)O)cc3C)C4=O)cc2C=C1S(=O)(=O)O. The van der Waals surface area contributed by atoms with Gasteiger partial charge in [-0.15, -0.1) is 0 Å². The number of urea groups is 1. The third-order valence-corrected chi connectivity index (χ3v) is 10.9. The first-order valence-electron chi connectivity index (χ1n) is 16.0. The Balaban J connectivity index is 1.22. The molecule has 2 aliphatic rings. The number of ketones is 2. The molecule has 0 radical (unpaired) electrons. The molecule has 0 saturated carbocycles. The van der Waals surface area contributed by atoms with Crippen molar-refractivity contribution in [1.29, 1.82) is 0 Å². The Kier molecular flexibility index (Phi) is 10.7. The number of Topliss-reactive ketones (excluding diaryl/α,β-unsaturated/α-hetero) is 2. The lowest BCUT2D eigenvalue weighted by Gasteiger charge is -2.18. The Morgan fingerprint density at radius 2 is 1.12 bits per heavy atom. The van der Waals surface area contributed by atoms with E-state index in [1.807, 2.05) is 0 Å². The second-order valence-electron chi connectivity index (χ2n) is 12.1. The second-order valence-corrected chi connectivity index (χ2v) is 16.3. The van der Waals surface area contributed by atoms with Crippen molar-refractivity contribution in [2.24, 2.45) is 10.2 Å². The number of allylic oxidation sites excluding steroid dienone is 2. The summed E-state index contributed by atoms with van der Waals surface area (Å²) < 4.78 is 107. The molecular weight excluding hydrogens is 809 g/mol. The van der Waals surface area contributed by atoms with Gasteiger partial charge in [-0.2, -0.15) is 35.5 Å². The zero-order chi connectivity index (χ0) is 41.4. The van der Waals surface area contributed by atoms with E-state index in [4.69, 9.17) is 4.74 Å². The van der Waals surface area contributed by atoms with E-state index >= 15 is 0 Å². The molecule has 0 unspecified atom stereocenters. The molecule has 22 heteroatoms. The fourth-order valence-electron chi connectivity index (χ4n) is 5.62. The number of para-hydroxylation sites is 2. The first-order valence-corrected chi connectivity index (χ1v) is 20.3. The number of fused-ring (bicyclic) bond motifs is 2. The molecule has 6 rings (SSSR count).